The number of nitrogen functional groups attached to an aromatic ring is 1. The SMILES string of the molecule is CCC1CC1NS(=O)(=O)c1cccc(N)c1. The van der Waals surface area contributed by atoms with Crippen molar-refractivity contribution in [3.63, 3.8) is 0 Å². The molecule has 1 aliphatic rings. The topological polar surface area (TPSA) is 72.2 Å². The molecule has 0 aromatic heterocycles. The van der Waals surface area contributed by atoms with Crippen LogP contribution in [0.3, 0.4) is 0 Å². The highest BCUT2D eigenvalue weighted by Gasteiger charge is 2.38. The predicted octanol–water partition coefficient (Wildman–Crippen LogP) is 1.35. The molecule has 1 saturated carbocycles. The number of nitrogens with two attached hydrogens (primary N) is 1. The zero-order chi connectivity index (χ0) is 11.8. The van der Waals surface area contributed by atoms with Crippen molar-refractivity contribution in [2.24, 2.45) is 5.92 Å². The number of benzene rings is 1. The largest absolute Gasteiger partial charge is 0.399 e. The maximum atomic E-state index is 11.9. The number of rotatable bonds is 4. The number of nitrogens with one attached hydrogen (secondary N) is 1. The molecule has 16 heavy (non-hydrogen) atoms. The Kier molecular flexibility index (Phi) is 2.90. The van der Waals surface area contributed by atoms with E-state index in [9.17, 15) is 8.42 Å². The van der Waals surface area contributed by atoms with E-state index in [0.29, 0.717) is 11.6 Å². The van der Waals surface area contributed by atoms with Crippen LogP contribution >= 0.6 is 0 Å². The highest BCUT2D eigenvalue weighted by atomic mass is 32.2. The van der Waals surface area contributed by atoms with E-state index < -0.39 is 10.0 Å². The van der Waals surface area contributed by atoms with E-state index in [1.165, 1.54) is 6.07 Å². The van der Waals surface area contributed by atoms with Crippen LogP contribution in [0.4, 0.5) is 5.69 Å². The lowest BCUT2D eigenvalue weighted by Gasteiger charge is -2.06. The monoisotopic (exact) mass is 240 g/mol. The Hall–Kier alpha value is -1.07. The van der Waals surface area contributed by atoms with Crippen molar-refractivity contribution in [1.82, 2.24) is 4.72 Å². The summed E-state index contributed by atoms with van der Waals surface area (Å²) >= 11 is 0. The van der Waals surface area contributed by atoms with E-state index >= 15 is 0 Å². The van der Waals surface area contributed by atoms with E-state index in [-0.39, 0.29) is 10.9 Å². The van der Waals surface area contributed by atoms with E-state index in [2.05, 4.69) is 11.6 Å². The van der Waals surface area contributed by atoms with Crippen molar-refractivity contribution in [2.75, 3.05) is 5.73 Å². The maximum Gasteiger partial charge on any atom is 0.240 e. The molecule has 0 aliphatic heterocycles. The molecule has 2 unspecified atom stereocenters. The van der Waals surface area contributed by atoms with E-state index in [1.54, 1.807) is 18.2 Å². The van der Waals surface area contributed by atoms with Gasteiger partial charge < -0.3 is 5.73 Å². The lowest BCUT2D eigenvalue weighted by atomic mass is 10.3. The molecule has 1 aromatic rings. The predicted molar refractivity (Wildman–Crippen MR) is 63.4 cm³/mol. The molecule has 88 valence electrons. The Morgan fingerprint density at radius 2 is 2.25 bits per heavy atom. The second kappa shape index (κ2) is 4.07. The van der Waals surface area contributed by atoms with Gasteiger partial charge in [-0.05, 0) is 30.5 Å². The number of hydrogen-bond donors (Lipinski definition) is 2. The van der Waals surface area contributed by atoms with Gasteiger partial charge >= 0.3 is 0 Å². The molecule has 0 bridgehead atoms. The van der Waals surface area contributed by atoms with Crippen LogP contribution in [0.5, 0.6) is 0 Å². The van der Waals surface area contributed by atoms with E-state index in [0.717, 1.165) is 12.8 Å². The molecule has 0 saturated heterocycles. The zero-order valence-corrected chi connectivity index (χ0v) is 10.00. The van der Waals surface area contributed by atoms with Crippen molar-refractivity contribution >= 4 is 15.7 Å². The second-order valence-corrected chi connectivity index (χ2v) is 5.92. The first-order valence-corrected chi connectivity index (χ1v) is 6.89. The first kappa shape index (κ1) is 11.4. The average molecular weight is 240 g/mol. The quantitative estimate of drug-likeness (QED) is 0.780. The van der Waals surface area contributed by atoms with E-state index in [1.807, 2.05) is 0 Å². The summed E-state index contributed by atoms with van der Waals surface area (Å²) in [4.78, 5) is 0.245. The van der Waals surface area contributed by atoms with Gasteiger partial charge in [0.1, 0.15) is 0 Å². The minimum atomic E-state index is -3.39. The summed E-state index contributed by atoms with van der Waals surface area (Å²) in [6, 6.07) is 6.46. The van der Waals surface area contributed by atoms with Crippen LogP contribution in [0.15, 0.2) is 29.2 Å². The fourth-order valence-corrected chi connectivity index (χ4v) is 3.16. The molecule has 0 amide bonds. The highest BCUT2D eigenvalue weighted by Crippen LogP contribution is 2.34. The fraction of sp³-hybridized carbons (Fsp3) is 0.455. The van der Waals surface area contributed by atoms with Gasteiger partial charge in [0.25, 0.3) is 0 Å². The van der Waals surface area contributed by atoms with Gasteiger partial charge in [0.2, 0.25) is 10.0 Å². The van der Waals surface area contributed by atoms with Crippen LogP contribution < -0.4 is 10.5 Å². The van der Waals surface area contributed by atoms with Crippen LogP contribution in [0.1, 0.15) is 19.8 Å². The van der Waals surface area contributed by atoms with Crippen molar-refractivity contribution in [1.29, 1.82) is 0 Å². The molecular formula is C11H16N2O2S. The molecule has 1 aromatic carbocycles. The summed E-state index contributed by atoms with van der Waals surface area (Å²) in [6.45, 7) is 2.07. The summed E-state index contributed by atoms with van der Waals surface area (Å²) in [5.41, 5.74) is 6.03. The Balaban J connectivity index is 2.14. The van der Waals surface area contributed by atoms with Gasteiger partial charge in [-0.25, -0.2) is 13.1 Å². The lowest BCUT2D eigenvalue weighted by Crippen LogP contribution is -2.27. The Morgan fingerprint density at radius 3 is 2.81 bits per heavy atom. The third-order valence-corrected chi connectivity index (χ3v) is 4.41. The number of hydrogen-bond acceptors (Lipinski definition) is 3. The van der Waals surface area contributed by atoms with Gasteiger partial charge in [-0.3, -0.25) is 0 Å². The molecule has 4 nitrogen and oxygen atoms in total. The van der Waals surface area contributed by atoms with Crippen LogP contribution in [0.25, 0.3) is 0 Å². The van der Waals surface area contributed by atoms with Crippen molar-refractivity contribution in [2.45, 2.75) is 30.7 Å². The molecule has 0 heterocycles. The fourth-order valence-electron chi connectivity index (χ4n) is 1.79. The molecule has 0 spiro atoms. The summed E-state index contributed by atoms with van der Waals surface area (Å²) in [7, 11) is -3.39. The second-order valence-electron chi connectivity index (χ2n) is 4.20. The smallest absolute Gasteiger partial charge is 0.240 e. The number of sulfonamides is 1. The molecule has 2 rings (SSSR count). The van der Waals surface area contributed by atoms with Gasteiger partial charge in [-0.15, -0.1) is 0 Å². The molecular weight excluding hydrogens is 224 g/mol. The van der Waals surface area contributed by atoms with E-state index in [4.69, 9.17) is 5.73 Å². The Labute approximate surface area is 95.9 Å². The first-order valence-electron chi connectivity index (χ1n) is 5.41. The molecule has 1 fully saturated rings. The van der Waals surface area contributed by atoms with Gasteiger partial charge in [0.05, 0.1) is 4.90 Å². The summed E-state index contributed by atoms with van der Waals surface area (Å²) < 4.78 is 26.6. The van der Waals surface area contributed by atoms with Crippen molar-refractivity contribution < 1.29 is 8.42 Å². The van der Waals surface area contributed by atoms with Crippen LogP contribution in [-0.4, -0.2) is 14.5 Å². The molecule has 3 N–H and O–H groups in total. The standard InChI is InChI=1S/C11H16N2O2S/c1-2-8-6-11(8)13-16(14,15)10-5-3-4-9(12)7-10/h3-5,7-8,11,13H,2,6,12H2,1H3. The zero-order valence-electron chi connectivity index (χ0n) is 9.18. The van der Waals surface area contributed by atoms with Gasteiger partial charge in [-0.1, -0.05) is 19.4 Å². The van der Waals surface area contributed by atoms with Crippen LogP contribution in [0, 0.1) is 5.92 Å². The lowest BCUT2D eigenvalue weighted by molar-refractivity contribution is 0.576. The highest BCUT2D eigenvalue weighted by molar-refractivity contribution is 7.89. The molecule has 0 radical (unpaired) electrons. The number of anilines is 1. The van der Waals surface area contributed by atoms with Gasteiger partial charge in [0, 0.05) is 11.7 Å². The van der Waals surface area contributed by atoms with Crippen molar-refractivity contribution in [3.8, 4) is 0 Å². The third kappa shape index (κ3) is 2.36. The van der Waals surface area contributed by atoms with Gasteiger partial charge in [-0.2, -0.15) is 0 Å². The third-order valence-electron chi connectivity index (χ3n) is 2.92. The summed E-state index contributed by atoms with van der Waals surface area (Å²) in [6.07, 6.45) is 1.96. The maximum absolute atomic E-state index is 11.9. The van der Waals surface area contributed by atoms with Crippen LogP contribution in [-0.2, 0) is 10.0 Å². The summed E-state index contributed by atoms with van der Waals surface area (Å²) in [5, 5.41) is 0. The minimum Gasteiger partial charge on any atom is -0.399 e. The summed E-state index contributed by atoms with van der Waals surface area (Å²) in [5.74, 6) is 0.496. The normalized spacial score (nSPS) is 24.3. The Morgan fingerprint density at radius 1 is 1.50 bits per heavy atom. The minimum absolute atomic E-state index is 0.108. The molecule has 1 aliphatic carbocycles. The first-order chi connectivity index (χ1) is 7.53. The Bertz CT molecular complexity index is 485. The molecule has 5 heteroatoms. The average Bonchev–Trinajstić information content (AvgIpc) is 2.95. The van der Waals surface area contributed by atoms with Crippen molar-refractivity contribution in [3.05, 3.63) is 24.3 Å². The van der Waals surface area contributed by atoms with Crippen LogP contribution in [0.2, 0.25) is 0 Å². The molecule has 2 atom stereocenters. The van der Waals surface area contributed by atoms with Gasteiger partial charge in [0.15, 0.2) is 0 Å².